The van der Waals surface area contributed by atoms with Gasteiger partial charge in [0, 0.05) is 44.6 Å². The van der Waals surface area contributed by atoms with Crippen molar-refractivity contribution in [2.45, 2.75) is 39.5 Å². The number of hydrogen-bond acceptors (Lipinski definition) is 5. The number of nitrogens with zero attached hydrogens (tertiary/aromatic N) is 4. The lowest BCUT2D eigenvalue weighted by Crippen LogP contribution is -2.19. The molecule has 0 amide bonds. The van der Waals surface area contributed by atoms with Gasteiger partial charge in [-0.15, -0.1) is 0 Å². The van der Waals surface area contributed by atoms with Gasteiger partial charge in [-0.1, -0.05) is 111 Å². The minimum absolute atomic E-state index is 0.125. The Kier molecular flexibility index (Phi) is 6.60. The van der Waals surface area contributed by atoms with Gasteiger partial charge in [0.15, 0.2) is 17.5 Å². The molecule has 236 valence electrons. The van der Waals surface area contributed by atoms with Gasteiger partial charge in [-0.25, -0.2) is 15.0 Å². The summed E-state index contributed by atoms with van der Waals surface area (Å²) in [6.45, 7) is 8.82. The van der Waals surface area contributed by atoms with E-state index in [-0.39, 0.29) is 5.41 Å². The molecule has 0 spiro atoms. The lowest BCUT2D eigenvalue weighted by Gasteiger charge is -2.26. The van der Waals surface area contributed by atoms with E-state index >= 15 is 0 Å². The van der Waals surface area contributed by atoms with E-state index in [1.807, 2.05) is 42.6 Å². The van der Waals surface area contributed by atoms with Crippen LogP contribution >= 0.6 is 0 Å². The quantitative estimate of drug-likeness (QED) is 0.188. The third-order valence-electron chi connectivity index (χ3n) is 10.4. The first-order valence-corrected chi connectivity index (χ1v) is 16.9. The molecule has 0 saturated heterocycles. The molecule has 3 aromatic heterocycles. The molecule has 0 saturated carbocycles. The molecule has 1 atom stereocenters. The second-order valence-electron chi connectivity index (χ2n) is 13.2. The van der Waals surface area contributed by atoms with Crippen molar-refractivity contribution < 1.29 is 4.42 Å². The van der Waals surface area contributed by atoms with Gasteiger partial charge in [0.05, 0.1) is 0 Å². The second kappa shape index (κ2) is 11.1. The Balaban J connectivity index is 1.23. The predicted octanol–water partition coefficient (Wildman–Crippen LogP) is 11.1. The molecule has 1 aliphatic carbocycles. The van der Waals surface area contributed by atoms with Crippen molar-refractivity contribution in [1.82, 2.24) is 19.9 Å². The molecule has 1 unspecified atom stereocenters. The van der Waals surface area contributed by atoms with Crippen LogP contribution in [0, 0.1) is 13.8 Å². The van der Waals surface area contributed by atoms with Crippen LogP contribution in [-0.4, -0.2) is 19.9 Å². The van der Waals surface area contributed by atoms with Crippen molar-refractivity contribution in [1.29, 1.82) is 0 Å². The molecule has 0 aliphatic heterocycles. The van der Waals surface area contributed by atoms with Gasteiger partial charge in [0.25, 0.3) is 0 Å². The lowest BCUT2D eigenvalue weighted by molar-refractivity contribution is 0.568. The first-order valence-electron chi connectivity index (χ1n) is 16.9. The van der Waals surface area contributed by atoms with Gasteiger partial charge in [-0.2, -0.15) is 0 Å². The van der Waals surface area contributed by atoms with Crippen molar-refractivity contribution >= 4 is 21.9 Å². The molecule has 5 nitrogen and oxygen atoms in total. The molecule has 1 aliphatic rings. The molecular weight excluding hydrogens is 601 g/mol. The zero-order valence-corrected chi connectivity index (χ0v) is 28.0. The van der Waals surface area contributed by atoms with E-state index < -0.39 is 0 Å². The third kappa shape index (κ3) is 4.46. The van der Waals surface area contributed by atoms with Crippen LogP contribution < -0.4 is 0 Å². The highest BCUT2D eigenvalue weighted by molar-refractivity contribution is 6.15. The van der Waals surface area contributed by atoms with Gasteiger partial charge < -0.3 is 4.42 Å². The van der Waals surface area contributed by atoms with E-state index in [4.69, 9.17) is 24.4 Å². The highest BCUT2D eigenvalue weighted by Gasteiger charge is 2.41. The number of pyridine rings is 1. The number of fused-ring (bicyclic) bond motifs is 7. The average molecular weight is 635 g/mol. The number of rotatable bonds is 5. The number of aromatic nitrogens is 4. The zero-order valence-electron chi connectivity index (χ0n) is 28.0. The number of benzene rings is 5. The molecule has 8 aromatic rings. The van der Waals surface area contributed by atoms with E-state index in [1.54, 1.807) is 0 Å². The smallest absolute Gasteiger partial charge is 0.182 e. The first kappa shape index (κ1) is 29.2. The van der Waals surface area contributed by atoms with Crippen LogP contribution in [0.2, 0.25) is 0 Å². The molecule has 0 bridgehead atoms. The van der Waals surface area contributed by atoms with Gasteiger partial charge >= 0.3 is 0 Å². The summed E-state index contributed by atoms with van der Waals surface area (Å²) in [5, 5.41) is 2.33. The second-order valence-corrected chi connectivity index (χ2v) is 13.2. The highest BCUT2D eigenvalue weighted by Crippen LogP contribution is 2.56. The molecule has 3 heterocycles. The average Bonchev–Trinajstić information content (AvgIpc) is 3.65. The highest BCUT2D eigenvalue weighted by atomic mass is 16.3. The Morgan fingerprint density at radius 3 is 1.88 bits per heavy atom. The summed E-state index contributed by atoms with van der Waals surface area (Å²) in [5.41, 5.74) is 13.8. The molecule has 0 N–H and O–H groups in total. The van der Waals surface area contributed by atoms with Crippen molar-refractivity contribution in [2.75, 3.05) is 0 Å². The van der Waals surface area contributed by atoms with Crippen LogP contribution in [0.4, 0.5) is 0 Å². The third-order valence-corrected chi connectivity index (χ3v) is 10.4. The Hall–Kier alpha value is -5.94. The summed E-state index contributed by atoms with van der Waals surface area (Å²) in [7, 11) is 0. The van der Waals surface area contributed by atoms with Crippen molar-refractivity contribution in [3.63, 3.8) is 0 Å². The van der Waals surface area contributed by atoms with Gasteiger partial charge in [-0.05, 0) is 71.8 Å². The molecular formula is C44H34N4O. The van der Waals surface area contributed by atoms with Crippen LogP contribution in [0.25, 0.3) is 78.5 Å². The Bertz CT molecular complexity index is 2520. The summed E-state index contributed by atoms with van der Waals surface area (Å²) < 4.78 is 6.71. The Morgan fingerprint density at radius 1 is 0.612 bits per heavy atom. The summed E-state index contributed by atoms with van der Waals surface area (Å²) in [5.74, 6) is 1.80. The standard InChI is InChI=1S/C44H34N4O/c1-5-44(4)35-20-12-10-18-31(35)34-24-33(40-38(39(34)44)32-19-11-13-21-37(32)49-40)28-22-23-36(45-25-28)43-47-41(29-16-8-6-14-26(29)2)46-42(48-43)30-17-9-7-15-27(30)3/h6-25H,5H2,1-4H3. The number of aryl methyl sites for hydroxylation is 2. The summed E-state index contributed by atoms with van der Waals surface area (Å²) >= 11 is 0. The number of furan rings is 1. The maximum Gasteiger partial charge on any atom is 0.182 e. The fraction of sp³-hybridized carbons (Fsp3) is 0.136. The fourth-order valence-electron chi connectivity index (χ4n) is 7.67. The summed E-state index contributed by atoms with van der Waals surface area (Å²) in [6, 6.07) is 40.0. The number of para-hydroxylation sites is 1. The van der Waals surface area contributed by atoms with Crippen LogP contribution in [0.1, 0.15) is 42.5 Å². The van der Waals surface area contributed by atoms with Crippen molar-refractivity contribution in [3.05, 3.63) is 144 Å². The maximum absolute atomic E-state index is 6.71. The van der Waals surface area contributed by atoms with Crippen LogP contribution in [0.3, 0.4) is 0 Å². The molecule has 9 rings (SSSR count). The lowest BCUT2D eigenvalue weighted by atomic mass is 9.76. The van der Waals surface area contributed by atoms with Crippen molar-refractivity contribution in [2.24, 2.45) is 0 Å². The largest absolute Gasteiger partial charge is 0.455 e. The SMILES string of the molecule is CCC1(C)c2ccccc2-c2cc(-c3ccc(-c4nc(-c5ccccc5C)nc(-c5ccccc5C)n4)nc3)c3oc4ccccc4c3c21. The Labute approximate surface area is 285 Å². The van der Waals surface area contributed by atoms with E-state index in [9.17, 15) is 0 Å². The molecule has 5 aromatic carbocycles. The van der Waals surface area contributed by atoms with E-state index in [0.29, 0.717) is 23.2 Å². The first-order chi connectivity index (χ1) is 23.9. The summed E-state index contributed by atoms with van der Waals surface area (Å²) in [4.78, 5) is 19.9. The molecule has 0 fully saturated rings. The van der Waals surface area contributed by atoms with Crippen molar-refractivity contribution in [3.8, 4) is 56.5 Å². The molecule has 5 heteroatoms. The minimum Gasteiger partial charge on any atom is -0.455 e. The van der Waals surface area contributed by atoms with Gasteiger partial charge in [-0.3, -0.25) is 4.98 Å². The summed E-state index contributed by atoms with van der Waals surface area (Å²) in [6.07, 6.45) is 2.91. The van der Waals surface area contributed by atoms with E-state index in [0.717, 1.165) is 56.4 Å². The van der Waals surface area contributed by atoms with Crippen LogP contribution in [0.5, 0.6) is 0 Å². The zero-order chi connectivity index (χ0) is 33.3. The maximum atomic E-state index is 6.71. The van der Waals surface area contributed by atoms with Gasteiger partial charge in [0.2, 0.25) is 0 Å². The van der Waals surface area contributed by atoms with Crippen LogP contribution in [0.15, 0.2) is 126 Å². The van der Waals surface area contributed by atoms with E-state index in [1.165, 1.54) is 27.6 Å². The van der Waals surface area contributed by atoms with Crippen LogP contribution in [-0.2, 0) is 5.41 Å². The van der Waals surface area contributed by atoms with E-state index in [2.05, 4.69) is 107 Å². The predicted molar refractivity (Wildman–Crippen MR) is 198 cm³/mol. The minimum atomic E-state index is -0.125. The fourth-order valence-corrected chi connectivity index (χ4v) is 7.67. The molecule has 49 heavy (non-hydrogen) atoms. The normalized spacial score (nSPS) is 15.1. The van der Waals surface area contributed by atoms with Gasteiger partial charge in [0.1, 0.15) is 16.9 Å². The Morgan fingerprint density at radius 2 is 1.22 bits per heavy atom. The number of hydrogen-bond donors (Lipinski definition) is 0. The monoisotopic (exact) mass is 634 g/mol. The topological polar surface area (TPSA) is 64.7 Å². The molecule has 0 radical (unpaired) electrons.